The van der Waals surface area contributed by atoms with Crippen LogP contribution in [-0.4, -0.2) is 23.7 Å². The molecule has 96 valence electrons. The van der Waals surface area contributed by atoms with Crippen molar-refractivity contribution in [1.82, 2.24) is 14.9 Å². The first kappa shape index (κ1) is 13.0. The second-order valence-corrected chi connectivity index (χ2v) is 4.87. The minimum atomic E-state index is 0.326. The number of ether oxygens (including phenoxy) is 1. The molecule has 0 saturated heterocycles. The predicted octanol–water partition coefficient (Wildman–Crippen LogP) is 2.44. The van der Waals surface area contributed by atoms with E-state index < -0.39 is 0 Å². The SMILES string of the molecule is CNC(CCc1ccc(OC)cc1)c1cnns1. The van der Waals surface area contributed by atoms with Crippen molar-refractivity contribution < 1.29 is 4.74 Å². The summed E-state index contributed by atoms with van der Waals surface area (Å²) in [6, 6.07) is 8.54. The van der Waals surface area contributed by atoms with Crippen molar-refractivity contribution in [2.75, 3.05) is 14.2 Å². The smallest absolute Gasteiger partial charge is 0.118 e. The molecule has 0 spiro atoms. The van der Waals surface area contributed by atoms with Crippen LogP contribution in [0.2, 0.25) is 0 Å². The van der Waals surface area contributed by atoms with Gasteiger partial charge in [-0.25, -0.2) is 0 Å². The van der Waals surface area contributed by atoms with Crippen LogP contribution >= 0.6 is 11.5 Å². The molecule has 1 atom stereocenters. The maximum atomic E-state index is 5.15. The maximum Gasteiger partial charge on any atom is 0.118 e. The van der Waals surface area contributed by atoms with Crippen LogP contribution in [0.4, 0.5) is 0 Å². The van der Waals surface area contributed by atoms with E-state index in [0.717, 1.165) is 18.6 Å². The van der Waals surface area contributed by atoms with E-state index in [-0.39, 0.29) is 0 Å². The highest BCUT2D eigenvalue weighted by atomic mass is 32.1. The molecule has 0 aliphatic rings. The Morgan fingerprint density at radius 2 is 2.11 bits per heavy atom. The third kappa shape index (κ3) is 3.27. The molecule has 2 aromatic rings. The zero-order chi connectivity index (χ0) is 12.8. The Kier molecular flexibility index (Phi) is 4.66. The molecule has 1 heterocycles. The summed E-state index contributed by atoms with van der Waals surface area (Å²) in [6.45, 7) is 0. The van der Waals surface area contributed by atoms with Gasteiger partial charge >= 0.3 is 0 Å². The first-order valence-electron chi connectivity index (χ1n) is 5.91. The Bertz CT molecular complexity index is 456. The van der Waals surface area contributed by atoms with Crippen molar-refractivity contribution in [1.29, 1.82) is 0 Å². The number of nitrogens with one attached hydrogen (secondary N) is 1. The van der Waals surface area contributed by atoms with Gasteiger partial charge in [0.15, 0.2) is 0 Å². The standard InChI is InChI=1S/C13H17N3OS/c1-14-12(13-9-15-16-18-13)8-5-10-3-6-11(17-2)7-4-10/h3-4,6-7,9,12,14H,5,8H2,1-2H3. The number of aromatic nitrogens is 2. The minimum Gasteiger partial charge on any atom is -0.497 e. The Hall–Kier alpha value is -1.46. The Morgan fingerprint density at radius 1 is 1.33 bits per heavy atom. The molecule has 0 saturated carbocycles. The Labute approximate surface area is 111 Å². The highest BCUT2D eigenvalue weighted by molar-refractivity contribution is 7.05. The molecule has 1 unspecified atom stereocenters. The van der Waals surface area contributed by atoms with Crippen LogP contribution in [0.25, 0.3) is 0 Å². The third-order valence-electron chi connectivity index (χ3n) is 2.95. The number of nitrogens with zero attached hydrogens (tertiary/aromatic N) is 2. The molecule has 0 fully saturated rings. The zero-order valence-corrected chi connectivity index (χ0v) is 11.4. The van der Waals surface area contributed by atoms with Gasteiger partial charge in [-0.3, -0.25) is 0 Å². The van der Waals surface area contributed by atoms with Gasteiger partial charge in [0.25, 0.3) is 0 Å². The average Bonchev–Trinajstić information content (AvgIpc) is 2.94. The van der Waals surface area contributed by atoms with Gasteiger partial charge in [-0.15, -0.1) is 5.10 Å². The maximum absolute atomic E-state index is 5.15. The summed E-state index contributed by atoms with van der Waals surface area (Å²) in [6.07, 6.45) is 3.89. The Morgan fingerprint density at radius 3 is 2.67 bits per heavy atom. The van der Waals surface area contributed by atoms with Gasteiger partial charge < -0.3 is 10.1 Å². The van der Waals surface area contributed by atoms with Crippen molar-refractivity contribution in [3.63, 3.8) is 0 Å². The lowest BCUT2D eigenvalue weighted by Gasteiger charge is -2.13. The molecule has 5 heteroatoms. The van der Waals surface area contributed by atoms with E-state index in [9.17, 15) is 0 Å². The zero-order valence-electron chi connectivity index (χ0n) is 10.6. The normalized spacial score (nSPS) is 12.3. The molecule has 0 amide bonds. The molecule has 0 aliphatic carbocycles. The molecular formula is C13H17N3OS. The van der Waals surface area contributed by atoms with Gasteiger partial charge in [0.05, 0.1) is 18.2 Å². The summed E-state index contributed by atoms with van der Waals surface area (Å²) in [5.74, 6) is 0.899. The minimum absolute atomic E-state index is 0.326. The monoisotopic (exact) mass is 263 g/mol. The van der Waals surface area contributed by atoms with Gasteiger partial charge in [-0.1, -0.05) is 16.6 Å². The van der Waals surface area contributed by atoms with Crippen molar-refractivity contribution in [3.8, 4) is 5.75 Å². The Balaban J connectivity index is 1.93. The van der Waals surface area contributed by atoms with E-state index in [1.165, 1.54) is 22.0 Å². The summed E-state index contributed by atoms with van der Waals surface area (Å²) >= 11 is 1.45. The summed E-state index contributed by atoms with van der Waals surface area (Å²) in [5, 5.41) is 7.18. The molecular weight excluding hydrogens is 246 g/mol. The highest BCUT2D eigenvalue weighted by Crippen LogP contribution is 2.21. The fourth-order valence-electron chi connectivity index (χ4n) is 1.86. The molecule has 0 radical (unpaired) electrons. The topological polar surface area (TPSA) is 47.0 Å². The molecule has 1 N–H and O–H groups in total. The number of hydrogen-bond donors (Lipinski definition) is 1. The van der Waals surface area contributed by atoms with Gasteiger partial charge in [-0.05, 0) is 49.1 Å². The van der Waals surface area contributed by atoms with E-state index >= 15 is 0 Å². The summed E-state index contributed by atoms with van der Waals surface area (Å²) in [7, 11) is 3.65. The second kappa shape index (κ2) is 6.47. The van der Waals surface area contributed by atoms with Crippen molar-refractivity contribution in [3.05, 3.63) is 40.9 Å². The van der Waals surface area contributed by atoms with E-state index in [1.807, 2.05) is 25.4 Å². The molecule has 1 aromatic carbocycles. The van der Waals surface area contributed by atoms with E-state index in [4.69, 9.17) is 4.74 Å². The van der Waals surface area contributed by atoms with E-state index in [0.29, 0.717) is 6.04 Å². The number of aryl methyl sites for hydroxylation is 1. The summed E-state index contributed by atoms with van der Waals surface area (Å²) in [5.41, 5.74) is 1.31. The number of methoxy groups -OCH3 is 1. The van der Waals surface area contributed by atoms with Crippen LogP contribution in [0.3, 0.4) is 0 Å². The second-order valence-electron chi connectivity index (χ2n) is 4.05. The van der Waals surface area contributed by atoms with Crippen LogP contribution in [0, 0.1) is 0 Å². The lowest BCUT2D eigenvalue weighted by atomic mass is 10.0. The molecule has 0 bridgehead atoms. The third-order valence-corrected chi connectivity index (χ3v) is 3.73. The lowest BCUT2D eigenvalue weighted by Crippen LogP contribution is -2.15. The lowest BCUT2D eigenvalue weighted by molar-refractivity contribution is 0.414. The van der Waals surface area contributed by atoms with Crippen LogP contribution in [0.5, 0.6) is 5.75 Å². The first-order valence-corrected chi connectivity index (χ1v) is 6.68. The van der Waals surface area contributed by atoms with E-state index in [2.05, 4.69) is 27.0 Å². The van der Waals surface area contributed by atoms with Gasteiger partial charge in [-0.2, -0.15) is 0 Å². The molecule has 18 heavy (non-hydrogen) atoms. The molecule has 4 nitrogen and oxygen atoms in total. The fourth-order valence-corrected chi connectivity index (χ4v) is 2.51. The quantitative estimate of drug-likeness (QED) is 0.869. The van der Waals surface area contributed by atoms with Crippen LogP contribution in [0.1, 0.15) is 22.9 Å². The van der Waals surface area contributed by atoms with Gasteiger partial charge in [0, 0.05) is 6.04 Å². The first-order chi connectivity index (χ1) is 8.83. The summed E-state index contributed by atoms with van der Waals surface area (Å²) in [4.78, 5) is 1.19. The van der Waals surface area contributed by atoms with Crippen LogP contribution < -0.4 is 10.1 Å². The highest BCUT2D eigenvalue weighted by Gasteiger charge is 2.11. The molecule has 2 rings (SSSR count). The number of rotatable bonds is 6. The molecule has 1 aromatic heterocycles. The summed E-state index contributed by atoms with van der Waals surface area (Å²) < 4.78 is 9.05. The number of benzene rings is 1. The number of hydrogen-bond acceptors (Lipinski definition) is 5. The fraction of sp³-hybridized carbons (Fsp3) is 0.385. The predicted molar refractivity (Wildman–Crippen MR) is 73.0 cm³/mol. The van der Waals surface area contributed by atoms with Crippen molar-refractivity contribution in [2.45, 2.75) is 18.9 Å². The van der Waals surface area contributed by atoms with E-state index in [1.54, 1.807) is 7.11 Å². The van der Waals surface area contributed by atoms with Crippen molar-refractivity contribution >= 4 is 11.5 Å². The van der Waals surface area contributed by atoms with Crippen LogP contribution in [0.15, 0.2) is 30.5 Å². The largest absolute Gasteiger partial charge is 0.497 e. The molecule has 0 aliphatic heterocycles. The van der Waals surface area contributed by atoms with Crippen molar-refractivity contribution in [2.24, 2.45) is 0 Å². The van der Waals surface area contributed by atoms with Crippen LogP contribution in [-0.2, 0) is 6.42 Å². The van der Waals surface area contributed by atoms with Gasteiger partial charge in [0.2, 0.25) is 0 Å². The average molecular weight is 263 g/mol. The van der Waals surface area contributed by atoms with Gasteiger partial charge in [0.1, 0.15) is 5.75 Å².